The third-order valence-electron chi connectivity index (χ3n) is 6.56. The molecule has 1 heterocycles. The molecule has 6 nitrogen and oxygen atoms in total. The fourth-order valence-electron chi connectivity index (χ4n) is 4.53. The van der Waals surface area contributed by atoms with Gasteiger partial charge in [-0.2, -0.15) is 0 Å². The standard InChI is InChI=1S/C33H26F3N3O3/c34-25-19-27(35)31(28(36)20-25)38-33(41)37-29(18-22-8-3-1-4-9-22)30-12-7-17-39(30)26-15-13-24(14-16-26)32(40)42-21-23-10-5-2-6-11-23/h1-17,19-20,29H,18,21H2,(H2,37,38,41). The number of carbonyl (C=O) groups excluding carboxylic acids is 2. The van der Waals surface area contributed by atoms with E-state index in [1.54, 1.807) is 36.5 Å². The van der Waals surface area contributed by atoms with Crippen LogP contribution in [0.5, 0.6) is 0 Å². The van der Waals surface area contributed by atoms with Gasteiger partial charge < -0.3 is 19.9 Å². The van der Waals surface area contributed by atoms with E-state index in [4.69, 9.17) is 4.74 Å². The molecule has 5 aromatic rings. The van der Waals surface area contributed by atoms with Crippen LogP contribution in [0.4, 0.5) is 23.7 Å². The SMILES string of the molecule is O=C(Nc1c(F)cc(F)cc1F)NC(Cc1ccccc1)c1cccn1-c1ccc(C(=O)OCc2ccccc2)cc1. The van der Waals surface area contributed by atoms with Crippen molar-refractivity contribution in [2.45, 2.75) is 19.1 Å². The van der Waals surface area contributed by atoms with E-state index < -0.39 is 41.2 Å². The van der Waals surface area contributed by atoms with E-state index in [2.05, 4.69) is 10.6 Å². The van der Waals surface area contributed by atoms with Crippen molar-refractivity contribution in [3.63, 3.8) is 0 Å². The normalized spacial score (nSPS) is 11.5. The number of carbonyl (C=O) groups is 2. The highest BCUT2D eigenvalue weighted by Crippen LogP contribution is 2.25. The Labute approximate surface area is 240 Å². The molecule has 9 heteroatoms. The number of amides is 2. The Bertz CT molecular complexity index is 1650. The number of benzene rings is 4. The summed E-state index contributed by atoms with van der Waals surface area (Å²) in [5, 5.41) is 4.94. The van der Waals surface area contributed by atoms with Gasteiger partial charge >= 0.3 is 12.0 Å². The number of ether oxygens (including phenoxy) is 1. The summed E-state index contributed by atoms with van der Waals surface area (Å²) < 4.78 is 48.9. The monoisotopic (exact) mass is 569 g/mol. The molecule has 5 rings (SSSR count). The van der Waals surface area contributed by atoms with Crippen molar-refractivity contribution in [1.82, 2.24) is 9.88 Å². The predicted molar refractivity (Wildman–Crippen MR) is 153 cm³/mol. The molecule has 0 saturated heterocycles. The molecule has 1 unspecified atom stereocenters. The first-order valence-electron chi connectivity index (χ1n) is 13.1. The first kappa shape index (κ1) is 28.2. The van der Waals surface area contributed by atoms with Crippen molar-refractivity contribution >= 4 is 17.7 Å². The van der Waals surface area contributed by atoms with Gasteiger partial charge in [-0.15, -0.1) is 0 Å². The molecule has 0 radical (unpaired) electrons. The van der Waals surface area contributed by atoms with Crippen LogP contribution in [0.2, 0.25) is 0 Å². The summed E-state index contributed by atoms with van der Waals surface area (Å²) in [5.41, 5.74) is 2.80. The second-order valence-corrected chi connectivity index (χ2v) is 9.50. The summed E-state index contributed by atoms with van der Waals surface area (Å²) in [7, 11) is 0. The molecular weight excluding hydrogens is 543 g/mol. The third kappa shape index (κ3) is 6.87. The number of esters is 1. The Morgan fingerprint density at radius 2 is 1.38 bits per heavy atom. The van der Waals surface area contributed by atoms with E-state index >= 15 is 0 Å². The molecule has 1 atom stereocenters. The van der Waals surface area contributed by atoms with E-state index in [9.17, 15) is 22.8 Å². The van der Waals surface area contributed by atoms with Gasteiger partial charge in [0.15, 0.2) is 11.6 Å². The highest BCUT2D eigenvalue weighted by Gasteiger charge is 2.22. The third-order valence-corrected chi connectivity index (χ3v) is 6.56. The topological polar surface area (TPSA) is 72.4 Å². The number of halogens is 3. The largest absolute Gasteiger partial charge is 0.457 e. The summed E-state index contributed by atoms with van der Waals surface area (Å²) in [6.07, 6.45) is 2.16. The highest BCUT2D eigenvalue weighted by atomic mass is 19.1. The quantitative estimate of drug-likeness (QED) is 0.182. The van der Waals surface area contributed by atoms with Crippen LogP contribution in [0.25, 0.3) is 5.69 Å². The lowest BCUT2D eigenvalue weighted by Gasteiger charge is -2.22. The number of aromatic nitrogens is 1. The molecule has 2 amide bonds. The number of hydrogen-bond donors (Lipinski definition) is 2. The van der Waals surface area contributed by atoms with Crippen molar-refractivity contribution in [3.8, 4) is 5.69 Å². The molecule has 0 aliphatic heterocycles. The average molecular weight is 570 g/mol. The second kappa shape index (κ2) is 12.9. The van der Waals surface area contributed by atoms with Crippen LogP contribution in [0.3, 0.4) is 0 Å². The van der Waals surface area contributed by atoms with Crippen LogP contribution in [-0.2, 0) is 17.8 Å². The zero-order valence-electron chi connectivity index (χ0n) is 22.3. The van der Waals surface area contributed by atoms with E-state index in [1.807, 2.05) is 71.3 Å². The lowest BCUT2D eigenvalue weighted by Crippen LogP contribution is -2.35. The summed E-state index contributed by atoms with van der Waals surface area (Å²) in [6, 6.07) is 28.7. The van der Waals surface area contributed by atoms with Crippen LogP contribution in [-0.4, -0.2) is 16.6 Å². The molecule has 0 aliphatic rings. The molecule has 0 saturated carbocycles. The highest BCUT2D eigenvalue weighted by molar-refractivity contribution is 5.90. The Kier molecular flexibility index (Phi) is 8.67. The number of rotatable bonds is 9. The van der Waals surface area contributed by atoms with Gasteiger partial charge in [-0.05, 0) is 53.9 Å². The number of nitrogens with zero attached hydrogens (tertiary/aromatic N) is 1. The minimum atomic E-state index is -1.23. The summed E-state index contributed by atoms with van der Waals surface area (Å²) >= 11 is 0. The predicted octanol–water partition coefficient (Wildman–Crippen LogP) is 7.36. The number of anilines is 1. The first-order chi connectivity index (χ1) is 20.4. The average Bonchev–Trinajstić information content (AvgIpc) is 3.49. The molecule has 0 bridgehead atoms. The summed E-state index contributed by atoms with van der Waals surface area (Å²) in [6.45, 7) is 0.157. The van der Waals surface area contributed by atoms with Crippen molar-refractivity contribution in [2.24, 2.45) is 0 Å². The maximum absolute atomic E-state index is 14.2. The fraction of sp³-hybridized carbons (Fsp3) is 0.0909. The molecule has 0 spiro atoms. The molecular formula is C33H26F3N3O3. The fourth-order valence-corrected chi connectivity index (χ4v) is 4.53. The molecule has 4 aromatic carbocycles. The van der Waals surface area contributed by atoms with Crippen LogP contribution >= 0.6 is 0 Å². The molecule has 1 aromatic heterocycles. The van der Waals surface area contributed by atoms with Gasteiger partial charge in [-0.25, -0.2) is 22.8 Å². The Morgan fingerprint density at radius 1 is 0.762 bits per heavy atom. The van der Waals surface area contributed by atoms with Gasteiger partial charge in [0.25, 0.3) is 0 Å². The maximum atomic E-state index is 14.2. The number of hydrogen-bond acceptors (Lipinski definition) is 3. The van der Waals surface area contributed by atoms with Gasteiger partial charge in [0.05, 0.1) is 11.6 Å². The zero-order valence-corrected chi connectivity index (χ0v) is 22.3. The van der Waals surface area contributed by atoms with Gasteiger partial charge in [0.1, 0.15) is 18.1 Å². The lowest BCUT2D eigenvalue weighted by atomic mass is 10.0. The van der Waals surface area contributed by atoms with E-state index in [0.717, 1.165) is 11.1 Å². The Hall–Kier alpha value is -5.31. The van der Waals surface area contributed by atoms with E-state index in [-0.39, 0.29) is 6.61 Å². The Morgan fingerprint density at radius 3 is 2.02 bits per heavy atom. The number of urea groups is 1. The molecule has 0 fully saturated rings. The molecule has 212 valence electrons. The van der Waals surface area contributed by atoms with Crippen molar-refractivity contribution < 1.29 is 27.5 Å². The molecule has 42 heavy (non-hydrogen) atoms. The van der Waals surface area contributed by atoms with Gasteiger partial charge in [0.2, 0.25) is 0 Å². The summed E-state index contributed by atoms with van der Waals surface area (Å²) in [4.78, 5) is 25.5. The van der Waals surface area contributed by atoms with Gasteiger partial charge in [-0.3, -0.25) is 0 Å². The van der Waals surface area contributed by atoms with Crippen molar-refractivity contribution in [3.05, 3.63) is 155 Å². The smallest absolute Gasteiger partial charge is 0.338 e. The Balaban J connectivity index is 1.35. The van der Waals surface area contributed by atoms with Crippen molar-refractivity contribution in [1.29, 1.82) is 0 Å². The van der Waals surface area contributed by atoms with Crippen LogP contribution in [0, 0.1) is 17.5 Å². The zero-order chi connectivity index (χ0) is 29.5. The minimum absolute atomic E-state index is 0.157. The lowest BCUT2D eigenvalue weighted by molar-refractivity contribution is 0.0472. The van der Waals surface area contributed by atoms with Crippen LogP contribution in [0.15, 0.2) is 115 Å². The van der Waals surface area contributed by atoms with Gasteiger partial charge in [-0.1, -0.05) is 60.7 Å². The molecule has 2 N–H and O–H groups in total. The first-order valence-corrected chi connectivity index (χ1v) is 13.1. The van der Waals surface area contributed by atoms with Crippen LogP contribution in [0.1, 0.15) is 33.2 Å². The maximum Gasteiger partial charge on any atom is 0.338 e. The summed E-state index contributed by atoms with van der Waals surface area (Å²) in [5.74, 6) is -4.01. The van der Waals surface area contributed by atoms with E-state index in [1.165, 1.54) is 0 Å². The van der Waals surface area contributed by atoms with E-state index in [0.29, 0.717) is 35.5 Å². The minimum Gasteiger partial charge on any atom is -0.457 e. The van der Waals surface area contributed by atoms with Gasteiger partial charge in [0, 0.05) is 29.7 Å². The molecule has 0 aliphatic carbocycles. The number of nitrogens with one attached hydrogen (secondary N) is 2. The van der Waals surface area contributed by atoms with Crippen molar-refractivity contribution in [2.75, 3.05) is 5.32 Å². The van der Waals surface area contributed by atoms with Crippen LogP contribution < -0.4 is 10.6 Å². The second-order valence-electron chi connectivity index (χ2n) is 9.50.